The van der Waals surface area contributed by atoms with Crippen LogP contribution in [-0.4, -0.2) is 94.2 Å². The maximum atomic E-state index is 14.0. The highest BCUT2D eigenvalue weighted by molar-refractivity contribution is 7.92. The van der Waals surface area contributed by atoms with Crippen molar-refractivity contribution in [2.75, 3.05) is 13.1 Å². The molecule has 0 radical (unpaired) electrons. The molecule has 4 N–H and O–H groups in total. The van der Waals surface area contributed by atoms with Crippen molar-refractivity contribution < 1.29 is 27.9 Å². The number of amides is 3. The van der Waals surface area contributed by atoms with Crippen LogP contribution in [0.2, 0.25) is 0 Å². The summed E-state index contributed by atoms with van der Waals surface area (Å²) in [6, 6.07) is 20.6. The number of hydrogen-bond donors (Lipinski definition) is 4. The molecule has 13 heteroatoms. The molecule has 5 rings (SSSR count). The topological polar surface area (TPSA) is 171 Å². The molecule has 3 amide bonds. The van der Waals surface area contributed by atoms with Gasteiger partial charge in [0.25, 0.3) is 5.91 Å². The Labute approximate surface area is 311 Å². The monoisotopic (exact) mass is 742 g/mol. The smallest absolute Gasteiger partial charge is 0.270 e. The second-order valence-electron chi connectivity index (χ2n) is 15.1. The number of sulfone groups is 1. The number of nitrogens with one attached hydrogen (secondary N) is 3. The number of β-amino-alcohol motifs (C(OH)–C–C–N with tert-alkyl or cyclic N) is 1. The van der Waals surface area contributed by atoms with Gasteiger partial charge in [-0.3, -0.25) is 24.3 Å². The first-order valence-corrected chi connectivity index (χ1v) is 19.6. The molecule has 1 saturated heterocycles. The summed E-state index contributed by atoms with van der Waals surface area (Å²) >= 11 is 0. The van der Waals surface area contributed by atoms with Crippen molar-refractivity contribution in [2.45, 2.75) is 93.8 Å². The van der Waals surface area contributed by atoms with Crippen molar-refractivity contribution >= 4 is 38.5 Å². The summed E-state index contributed by atoms with van der Waals surface area (Å²) < 4.78 is 27.3. The van der Waals surface area contributed by atoms with E-state index in [1.807, 2.05) is 94.1 Å². The summed E-state index contributed by atoms with van der Waals surface area (Å²) in [6.07, 6.45) is 2.24. The molecule has 1 fully saturated rings. The number of rotatable bonds is 13. The van der Waals surface area contributed by atoms with Crippen LogP contribution in [0, 0.1) is 5.92 Å². The highest BCUT2D eigenvalue weighted by atomic mass is 32.2. The lowest BCUT2D eigenvalue weighted by atomic mass is 9.95. The van der Waals surface area contributed by atoms with Crippen molar-refractivity contribution in [1.82, 2.24) is 30.8 Å². The molecule has 12 nitrogen and oxygen atoms in total. The highest BCUT2D eigenvalue weighted by Crippen LogP contribution is 2.29. The third-order valence-electron chi connectivity index (χ3n) is 9.46. The standard InChI is InChI=1S/C40H50N6O6S/c1-26(2)36(44-37(48)32-16-15-28-13-9-10-14-31(28)42-32)39(50)43-33(23-27-11-7-6-8-12-27)35(47)25-46-22-19-30(24-34(46)38(49)45-40(3,4)5)53(51,52)29-17-20-41-21-18-29/h6-18,20-21,26,30,33-36,47H,19,22-25H2,1-5H3,(H,43,50)(H,44,48)(H,45,49)/t30?,33?,34?,35?,36-/m0/s1. The fourth-order valence-corrected chi connectivity index (χ4v) is 8.40. The van der Waals surface area contributed by atoms with Gasteiger partial charge in [0, 0.05) is 36.4 Å². The molecule has 53 heavy (non-hydrogen) atoms. The van der Waals surface area contributed by atoms with E-state index in [1.165, 1.54) is 24.5 Å². The molecule has 282 valence electrons. The molecule has 5 atom stereocenters. The lowest BCUT2D eigenvalue weighted by Gasteiger charge is -2.41. The second-order valence-corrected chi connectivity index (χ2v) is 17.3. The summed E-state index contributed by atoms with van der Waals surface area (Å²) in [6.45, 7) is 9.41. The zero-order valence-electron chi connectivity index (χ0n) is 30.9. The number of carbonyl (C=O) groups excluding carboxylic acids is 3. The van der Waals surface area contributed by atoms with Crippen LogP contribution in [0.15, 0.2) is 96.2 Å². The van der Waals surface area contributed by atoms with Gasteiger partial charge in [-0.1, -0.05) is 68.4 Å². The van der Waals surface area contributed by atoms with Gasteiger partial charge in [0.1, 0.15) is 11.7 Å². The number of benzene rings is 2. The molecular formula is C40H50N6O6S. The van der Waals surface area contributed by atoms with Gasteiger partial charge in [-0.2, -0.15) is 0 Å². The van der Waals surface area contributed by atoms with Gasteiger partial charge >= 0.3 is 0 Å². The Balaban J connectivity index is 1.36. The van der Waals surface area contributed by atoms with Gasteiger partial charge in [0.05, 0.1) is 33.8 Å². The van der Waals surface area contributed by atoms with Gasteiger partial charge in [-0.05, 0) is 75.8 Å². The summed E-state index contributed by atoms with van der Waals surface area (Å²) in [5.41, 5.74) is 1.12. The SMILES string of the molecule is CC(C)[C@H](NC(=O)c1ccc2ccccc2n1)C(=O)NC(Cc1ccccc1)C(O)CN1CCC(S(=O)(=O)c2ccncc2)CC1C(=O)NC(C)(C)C. The minimum atomic E-state index is -3.76. The van der Waals surface area contributed by atoms with Crippen LogP contribution in [0.4, 0.5) is 0 Å². The maximum absolute atomic E-state index is 14.0. The van der Waals surface area contributed by atoms with Crippen LogP contribution in [0.25, 0.3) is 10.9 Å². The predicted molar refractivity (Wildman–Crippen MR) is 204 cm³/mol. The average Bonchev–Trinajstić information content (AvgIpc) is 3.13. The Morgan fingerprint density at radius 1 is 0.925 bits per heavy atom. The number of carbonyl (C=O) groups is 3. The molecule has 0 saturated carbocycles. The van der Waals surface area contributed by atoms with E-state index in [4.69, 9.17) is 0 Å². The number of pyridine rings is 2. The molecule has 0 bridgehead atoms. The van der Waals surface area contributed by atoms with E-state index in [9.17, 15) is 27.9 Å². The third kappa shape index (κ3) is 10.2. The molecule has 3 heterocycles. The van der Waals surface area contributed by atoms with Crippen LogP contribution in [0.3, 0.4) is 0 Å². The zero-order chi connectivity index (χ0) is 38.3. The molecule has 4 unspecified atom stereocenters. The fraction of sp³-hybridized carbons (Fsp3) is 0.425. The Bertz CT molecular complexity index is 1990. The third-order valence-corrected chi connectivity index (χ3v) is 11.7. The van der Waals surface area contributed by atoms with E-state index in [1.54, 1.807) is 12.1 Å². The number of piperidine rings is 1. The van der Waals surface area contributed by atoms with Crippen molar-refractivity contribution in [1.29, 1.82) is 0 Å². The number of likely N-dealkylation sites (tertiary alicyclic amines) is 1. The number of fused-ring (bicyclic) bond motifs is 1. The van der Waals surface area contributed by atoms with Crippen molar-refractivity contribution in [3.63, 3.8) is 0 Å². The van der Waals surface area contributed by atoms with Crippen LogP contribution in [-0.2, 0) is 25.8 Å². The largest absolute Gasteiger partial charge is 0.390 e. The van der Waals surface area contributed by atoms with E-state index in [0.29, 0.717) is 5.52 Å². The Morgan fingerprint density at radius 2 is 1.60 bits per heavy atom. The lowest BCUT2D eigenvalue weighted by molar-refractivity contribution is -0.130. The molecule has 2 aromatic heterocycles. The molecular weight excluding hydrogens is 693 g/mol. The Morgan fingerprint density at radius 3 is 2.28 bits per heavy atom. The molecule has 0 spiro atoms. The van der Waals surface area contributed by atoms with Crippen molar-refractivity contribution in [2.24, 2.45) is 5.92 Å². The Kier molecular flexibility index (Phi) is 12.6. The number of hydrogen-bond acceptors (Lipinski definition) is 9. The van der Waals surface area contributed by atoms with E-state index >= 15 is 0 Å². The van der Waals surface area contributed by atoms with Crippen molar-refractivity contribution in [3.8, 4) is 0 Å². The second kappa shape index (κ2) is 17.0. The number of aliphatic hydroxyl groups excluding tert-OH is 1. The van der Waals surface area contributed by atoms with Gasteiger partial charge in [-0.15, -0.1) is 0 Å². The normalized spacial score (nSPS) is 18.5. The van der Waals surface area contributed by atoms with Crippen LogP contribution < -0.4 is 16.0 Å². The van der Waals surface area contributed by atoms with Crippen molar-refractivity contribution in [3.05, 3.63) is 103 Å². The Hall–Kier alpha value is -4.72. The van der Waals surface area contributed by atoms with E-state index in [-0.39, 0.29) is 54.8 Å². The summed E-state index contributed by atoms with van der Waals surface area (Å²) in [4.78, 5) is 51.5. The first kappa shape index (κ1) is 39.5. The first-order chi connectivity index (χ1) is 25.1. The zero-order valence-corrected chi connectivity index (χ0v) is 31.7. The fourth-order valence-electron chi connectivity index (χ4n) is 6.66. The van der Waals surface area contributed by atoms with Gasteiger partial charge in [0.15, 0.2) is 9.84 Å². The average molecular weight is 743 g/mol. The number of aromatic nitrogens is 2. The summed E-state index contributed by atoms with van der Waals surface area (Å²) in [5.74, 6) is -1.62. The highest BCUT2D eigenvalue weighted by Gasteiger charge is 2.42. The summed E-state index contributed by atoms with van der Waals surface area (Å²) in [7, 11) is -3.76. The summed E-state index contributed by atoms with van der Waals surface area (Å²) in [5, 5.41) is 20.8. The minimum absolute atomic E-state index is 0.0122. The number of aliphatic hydroxyl groups is 1. The molecule has 2 aromatic carbocycles. The lowest BCUT2D eigenvalue weighted by Crippen LogP contribution is -2.60. The van der Waals surface area contributed by atoms with Gasteiger partial charge < -0.3 is 21.1 Å². The number of nitrogens with zero attached hydrogens (tertiary/aromatic N) is 3. The van der Waals surface area contributed by atoms with E-state index in [2.05, 4.69) is 25.9 Å². The number of para-hydroxylation sites is 1. The van der Waals surface area contributed by atoms with E-state index in [0.717, 1.165) is 10.9 Å². The first-order valence-electron chi connectivity index (χ1n) is 18.0. The molecule has 4 aromatic rings. The molecule has 1 aliphatic rings. The van der Waals surface area contributed by atoms with Crippen LogP contribution in [0.1, 0.15) is 63.5 Å². The molecule has 0 aliphatic carbocycles. The minimum Gasteiger partial charge on any atom is -0.390 e. The maximum Gasteiger partial charge on any atom is 0.270 e. The van der Waals surface area contributed by atoms with E-state index < -0.39 is 56.7 Å². The van der Waals surface area contributed by atoms with Crippen LogP contribution in [0.5, 0.6) is 0 Å². The van der Waals surface area contributed by atoms with Gasteiger partial charge in [-0.25, -0.2) is 13.4 Å². The quantitative estimate of drug-likeness (QED) is 0.160. The van der Waals surface area contributed by atoms with Crippen LogP contribution >= 0.6 is 0 Å². The molecule has 1 aliphatic heterocycles. The predicted octanol–water partition coefficient (Wildman–Crippen LogP) is 3.69. The van der Waals surface area contributed by atoms with Gasteiger partial charge in [0.2, 0.25) is 11.8 Å².